The highest BCUT2D eigenvalue weighted by Gasteiger charge is 2.27. The Labute approximate surface area is 176 Å². The van der Waals surface area contributed by atoms with Crippen molar-refractivity contribution < 1.29 is 19.1 Å². The molecule has 158 valence electrons. The Bertz CT molecular complexity index is 1000. The van der Waals surface area contributed by atoms with Crippen LogP contribution in [0.3, 0.4) is 0 Å². The van der Waals surface area contributed by atoms with Gasteiger partial charge in [0, 0.05) is 0 Å². The molecule has 1 aromatic heterocycles. The van der Waals surface area contributed by atoms with Gasteiger partial charge in [-0.15, -0.1) is 0 Å². The van der Waals surface area contributed by atoms with Crippen LogP contribution >= 0.6 is 0 Å². The van der Waals surface area contributed by atoms with Crippen LogP contribution in [0.25, 0.3) is 11.0 Å². The van der Waals surface area contributed by atoms with Gasteiger partial charge >= 0.3 is 5.97 Å². The number of hydrogen-bond acceptors (Lipinski definition) is 5. The van der Waals surface area contributed by atoms with Gasteiger partial charge in [-0.05, 0) is 30.2 Å². The van der Waals surface area contributed by atoms with E-state index in [0.717, 1.165) is 23.2 Å². The zero-order valence-corrected chi connectivity index (χ0v) is 17.5. The number of methoxy groups -OCH3 is 1. The maximum absolute atomic E-state index is 12.8. The summed E-state index contributed by atoms with van der Waals surface area (Å²) in [6.45, 7) is 4.12. The standard InChI is InChI=1S/C23H27N3O4/c1-4-16(2)22(23(28)29-3)25-21(27)14-26-19-13-9-8-12-18(19)24-20(26)15-30-17-10-6-5-7-11-17/h5-13,16,22H,4,14-15H2,1-3H3,(H,25,27). The number of rotatable bonds is 9. The van der Waals surface area contributed by atoms with Crippen molar-refractivity contribution in [3.63, 3.8) is 0 Å². The van der Waals surface area contributed by atoms with Crippen molar-refractivity contribution in [2.75, 3.05) is 7.11 Å². The van der Waals surface area contributed by atoms with Crippen LogP contribution in [-0.4, -0.2) is 34.6 Å². The third kappa shape index (κ3) is 4.97. The van der Waals surface area contributed by atoms with E-state index >= 15 is 0 Å². The summed E-state index contributed by atoms with van der Waals surface area (Å²) in [6, 6.07) is 16.4. The number of esters is 1. The topological polar surface area (TPSA) is 82.5 Å². The Kier molecular flexibility index (Phi) is 7.06. The average molecular weight is 409 g/mol. The number of carbonyl (C=O) groups is 2. The normalized spacial score (nSPS) is 12.9. The van der Waals surface area contributed by atoms with E-state index in [1.54, 1.807) is 0 Å². The number of fused-ring (bicyclic) bond motifs is 1. The van der Waals surface area contributed by atoms with E-state index in [-0.39, 0.29) is 25.0 Å². The molecule has 0 radical (unpaired) electrons. The number of para-hydroxylation sites is 3. The lowest BCUT2D eigenvalue weighted by atomic mass is 9.99. The molecule has 0 bridgehead atoms. The number of nitrogens with zero attached hydrogens (tertiary/aromatic N) is 2. The quantitative estimate of drug-likeness (QED) is 0.548. The number of aromatic nitrogens is 2. The minimum Gasteiger partial charge on any atom is -0.486 e. The second kappa shape index (κ2) is 9.91. The molecule has 1 N–H and O–H groups in total. The predicted molar refractivity (Wildman–Crippen MR) is 114 cm³/mol. The van der Waals surface area contributed by atoms with Gasteiger partial charge in [0.1, 0.15) is 30.8 Å². The van der Waals surface area contributed by atoms with E-state index in [0.29, 0.717) is 5.82 Å². The third-order valence-corrected chi connectivity index (χ3v) is 5.13. The third-order valence-electron chi connectivity index (χ3n) is 5.13. The highest BCUT2D eigenvalue weighted by atomic mass is 16.5. The van der Waals surface area contributed by atoms with Crippen molar-refractivity contribution in [3.05, 3.63) is 60.4 Å². The number of benzene rings is 2. The molecular weight excluding hydrogens is 382 g/mol. The number of ether oxygens (including phenoxy) is 2. The molecule has 7 nitrogen and oxygen atoms in total. The van der Waals surface area contributed by atoms with Crippen LogP contribution < -0.4 is 10.1 Å². The number of hydrogen-bond donors (Lipinski definition) is 1. The van der Waals surface area contributed by atoms with Crippen LogP contribution in [0.1, 0.15) is 26.1 Å². The minimum atomic E-state index is -0.689. The van der Waals surface area contributed by atoms with Crippen LogP contribution in [0.4, 0.5) is 0 Å². The summed E-state index contributed by atoms with van der Waals surface area (Å²) >= 11 is 0. The lowest BCUT2D eigenvalue weighted by Crippen LogP contribution is -2.46. The second-order valence-corrected chi connectivity index (χ2v) is 7.16. The van der Waals surface area contributed by atoms with E-state index < -0.39 is 12.0 Å². The molecule has 0 aliphatic rings. The van der Waals surface area contributed by atoms with Crippen LogP contribution in [-0.2, 0) is 27.5 Å². The fraction of sp³-hybridized carbons (Fsp3) is 0.348. The first-order valence-electron chi connectivity index (χ1n) is 10.0. The Morgan fingerprint density at radius 2 is 1.80 bits per heavy atom. The van der Waals surface area contributed by atoms with Crippen LogP contribution in [0.5, 0.6) is 5.75 Å². The molecule has 2 unspecified atom stereocenters. The van der Waals surface area contributed by atoms with Gasteiger partial charge in [-0.3, -0.25) is 4.79 Å². The van der Waals surface area contributed by atoms with E-state index in [1.807, 2.05) is 73.0 Å². The lowest BCUT2D eigenvalue weighted by Gasteiger charge is -2.22. The van der Waals surface area contributed by atoms with Crippen LogP contribution in [0, 0.1) is 5.92 Å². The van der Waals surface area contributed by atoms with E-state index in [9.17, 15) is 9.59 Å². The zero-order valence-electron chi connectivity index (χ0n) is 17.5. The molecule has 3 aromatic rings. The van der Waals surface area contributed by atoms with Crippen molar-refractivity contribution in [2.24, 2.45) is 5.92 Å². The van der Waals surface area contributed by atoms with Crippen LogP contribution in [0.2, 0.25) is 0 Å². The molecular formula is C23H27N3O4. The van der Waals surface area contributed by atoms with Crippen molar-refractivity contribution in [2.45, 2.75) is 39.5 Å². The molecule has 2 aromatic carbocycles. The number of carbonyl (C=O) groups excluding carboxylic acids is 2. The Morgan fingerprint density at radius 1 is 1.10 bits per heavy atom. The molecule has 1 heterocycles. The van der Waals surface area contributed by atoms with Crippen molar-refractivity contribution in [1.29, 1.82) is 0 Å². The molecule has 0 aliphatic heterocycles. The van der Waals surface area contributed by atoms with Crippen molar-refractivity contribution in [3.8, 4) is 5.75 Å². The molecule has 3 rings (SSSR count). The molecule has 2 atom stereocenters. The van der Waals surface area contributed by atoms with E-state index in [1.165, 1.54) is 7.11 Å². The van der Waals surface area contributed by atoms with Gasteiger partial charge in [-0.1, -0.05) is 50.6 Å². The highest BCUT2D eigenvalue weighted by molar-refractivity contribution is 5.86. The van der Waals surface area contributed by atoms with Gasteiger partial charge in [-0.2, -0.15) is 0 Å². The summed E-state index contributed by atoms with van der Waals surface area (Å²) in [7, 11) is 1.33. The van der Waals surface area contributed by atoms with Gasteiger partial charge < -0.3 is 19.4 Å². The summed E-state index contributed by atoms with van der Waals surface area (Å²) in [4.78, 5) is 29.6. The Hall–Kier alpha value is -3.35. The van der Waals surface area contributed by atoms with E-state index in [4.69, 9.17) is 9.47 Å². The monoisotopic (exact) mass is 409 g/mol. The van der Waals surface area contributed by atoms with Gasteiger partial charge in [0.15, 0.2) is 0 Å². The molecule has 0 saturated carbocycles. The maximum Gasteiger partial charge on any atom is 0.328 e. The number of imidazole rings is 1. The summed E-state index contributed by atoms with van der Waals surface area (Å²) in [5.74, 6) is 0.592. The zero-order chi connectivity index (χ0) is 21.5. The van der Waals surface area contributed by atoms with Crippen molar-refractivity contribution >= 4 is 22.9 Å². The van der Waals surface area contributed by atoms with Gasteiger partial charge in [-0.25, -0.2) is 9.78 Å². The van der Waals surface area contributed by atoms with Gasteiger partial charge in [0.25, 0.3) is 0 Å². The summed E-state index contributed by atoms with van der Waals surface area (Å²) in [6.07, 6.45) is 0.740. The average Bonchev–Trinajstić information content (AvgIpc) is 3.13. The molecule has 0 spiro atoms. The molecule has 0 fully saturated rings. The molecule has 0 saturated heterocycles. The van der Waals surface area contributed by atoms with Crippen molar-refractivity contribution in [1.82, 2.24) is 14.9 Å². The summed E-state index contributed by atoms with van der Waals surface area (Å²) in [5.41, 5.74) is 1.61. The predicted octanol–water partition coefficient (Wildman–Crippen LogP) is 3.32. The Morgan fingerprint density at radius 3 is 2.50 bits per heavy atom. The summed E-state index contributed by atoms with van der Waals surface area (Å²) in [5, 5.41) is 2.82. The first-order chi connectivity index (χ1) is 14.5. The first kappa shape index (κ1) is 21.4. The molecule has 7 heteroatoms. The smallest absolute Gasteiger partial charge is 0.328 e. The number of nitrogens with one attached hydrogen (secondary N) is 1. The fourth-order valence-corrected chi connectivity index (χ4v) is 3.24. The molecule has 0 aliphatic carbocycles. The first-order valence-corrected chi connectivity index (χ1v) is 10.0. The van der Waals surface area contributed by atoms with Gasteiger partial charge in [0.05, 0.1) is 18.1 Å². The number of amides is 1. The largest absolute Gasteiger partial charge is 0.486 e. The molecule has 1 amide bonds. The highest BCUT2D eigenvalue weighted by Crippen LogP contribution is 2.18. The molecule has 30 heavy (non-hydrogen) atoms. The minimum absolute atomic E-state index is 0.0257. The lowest BCUT2D eigenvalue weighted by molar-refractivity contribution is -0.146. The van der Waals surface area contributed by atoms with Gasteiger partial charge in [0.2, 0.25) is 5.91 Å². The SMILES string of the molecule is CCC(C)C(NC(=O)Cn1c(COc2ccccc2)nc2ccccc21)C(=O)OC. The fourth-order valence-electron chi connectivity index (χ4n) is 3.24. The maximum atomic E-state index is 12.8. The second-order valence-electron chi connectivity index (χ2n) is 7.16. The summed E-state index contributed by atoms with van der Waals surface area (Å²) < 4.78 is 12.5. The Balaban J connectivity index is 1.81. The van der Waals surface area contributed by atoms with E-state index in [2.05, 4.69) is 10.3 Å². The van der Waals surface area contributed by atoms with Crippen LogP contribution in [0.15, 0.2) is 54.6 Å².